The second kappa shape index (κ2) is 4.84. The van der Waals surface area contributed by atoms with Gasteiger partial charge in [0.05, 0.1) is 12.7 Å². The maximum atomic E-state index is 13.9. The van der Waals surface area contributed by atoms with Crippen LogP contribution in [0.3, 0.4) is 0 Å². The van der Waals surface area contributed by atoms with Crippen molar-refractivity contribution in [2.75, 3.05) is 6.54 Å². The molecule has 7 nitrogen and oxygen atoms in total. The fourth-order valence-electron chi connectivity index (χ4n) is 2.80. The number of alkyl halides is 2. The number of amides is 1. The number of likely N-dealkylation sites (tertiary alicyclic amines) is 1. The lowest BCUT2D eigenvalue weighted by atomic mass is 10.1. The van der Waals surface area contributed by atoms with Crippen molar-refractivity contribution in [1.82, 2.24) is 20.2 Å². The van der Waals surface area contributed by atoms with Crippen LogP contribution in [0.5, 0.6) is 0 Å². The number of hydrogen-bond acceptors (Lipinski definition) is 6. The topological polar surface area (TPSA) is 85.3 Å². The highest BCUT2D eigenvalue weighted by Gasteiger charge is 2.50. The molecule has 0 spiro atoms. The summed E-state index contributed by atoms with van der Waals surface area (Å²) >= 11 is 0. The molecule has 0 radical (unpaired) electrons. The van der Waals surface area contributed by atoms with Gasteiger partial charge in [0, 0.05) is 12.3 Å². The van der Waals surface area contributed by atoms with Crippen molar-refractivity contribution >= 4 is 5.91 Å². The average molecular weight is 324 g/mol. The van der Waals surface area contributed by atoms with E-state index in [4.69, 9.17) is 9.05 Å². The molecule has 122 valence electrons. The quantitative estimate of drug-likeness (QED) is 0.862. The first-order chi connectivity index (χ1) is 10.9. The van der Waals surface area contributed by atoms with Crippen LogP contribution in [0.4, 0.5) is 8.78 Å². The molecule has 1 saturated heterocycles. The molecule has 1 atom stereocenters. The number of nitrogens with zero attached hydrogens (tertiary/aromatic N) is 4. The number of aromatic nitrogens is 3. The van der Waals surface area contributed by atoms with E-state index in [9.17, 15) is 13.6 Å². The van der Waals surface area contributed by atoms with E-state index in [0.717, 1.165) is 17.7 Å². The van der Waals surface area contributed by atoms with E-state index < -0.39 is 30.8 Å². The van der Waals surface area contributed by atoms with Crippen molar-refractivity contribution in [2.24, 2.45) is 0 Å². The van der Waals surface area contributed by atoms with Gasteiger partial charge in [-0.1, -0.05) is 10.3 Å². The summed E-state index contributed by atoms with van der Waals surface area (Å²) in [5.41, 5.74) is 0.162. The molecule has 1 aliphatic carbocycles. The molecule has 3 heterocycles. The third-order valence-corrected chi connectivity index (χ3v) is 4.20. The van der Waals surface area contributed by atoms with Crippen LogP contribution in [-0.2, 0) is 0 Å². The molecule has 23 heavy (non-hydrogen) atoms. The third kappa shape index (κ3) is 2.49. The Hall–Kier alpha value is -2.32. The maximum absolute atomic E-state index is 13.9. The van der Waals surface area contributed by atoms with E-state index in [1.807, 2.05) is 0 Å². The van der Waals surface area contributed by atoms with Crippen molar-refractivity contribution in [3.8, 4) is 0 Å². The van der Waals surface area contributed by atoms with E-state index in [-0.39, 0.29) is 23.1 Å². The molecule has 2 aromatic heterocycles. The monoisotopic (exact) mass is 324 g/mol. The van der Waals surface area contributed by atoms with Gasteiger partial charge < -0.3 is 13.9 Å². The molecule has 0 unspecified atom stereocenters. The van der Waals surface area contributed by atoms with Gasteiger partial charge in [0.25, 0.3) is 11.8 Å². The highest BCUT2D eigenvalue weighted by molar-refractivity contribution is 5.95. The Kier molecular flexibility index (Phi) is 3.00. The Bertz CT molecular complexity index is 753. The van der Waals surface area contributed by atoms with Crippen LogP contribution in [0.1, 0.15) is 59.1 Å². The Morgan fingerprint density at radius 2 is 2.17 bits per heavy atom. The second-order valence-corrected chi connectivity index (χ2v) is 6.07. The molecule has 0 N–H and O–H groups in total. The van der Waals surface area contributed by atoms with Crippen LogP contribution < -0.4 is 0 Å². The summed E-state index contributed by atoms with van der Waals surface area (Å²) < 4.78 is 37.8. The average Bonchev–Trinajstić information content (AvgIpc) is 2.94. The Morgan fingerprint density at radius 1 is 1.39 bits per heavy atom. The van der Waals surface area contributed by atoms with Crippen molar-refractivity contribution < 1.29 is 22.6 Å². The highest BCUT2D eigenvalue weighted by atomic mass is 19.3. The minimum absolute atomic E-state index is 0.0616. The summed E-state index contributed by atoms with van der Waals surface area (Å²) in [5.74, 6) is -2.45. The summed E-state index contributed by atoms with van der Waals surface area (Å²) in [7, 11) is 0. The molecular weight excluding hydrogens is 310 g/mol. The van der Waals surface area contributed by atoms with Crippen molar-refractivity contribution in [3.63, 3.8) is 0 Å². The van der Waals surface area contributed by atoms with E-state index in [1.54, 1.807) is 6.92 Å². The lowest BCUT2D eigenvalue weighted by molar-refractivity contribution is 0.0116. The predicted octanol–water partition coefficient (Wildman–Crippen LogP) is 2.47. The van der Waals surface area contributed by atoms with Gasteiger partial charge in [-0.25, -0.2) is 8.78 Å². The lowest BCUT2D eigenvalue weighted by Gasteiger charge is -2.20. The number of halogens is 2. The predicted molar refractivity (Wildman–Crippen MR) is 70.9 cm³/mol. The van der Waals surface area contributed by atoms with E-state index in [0.29, 0.717) is 5.82 Å². The smallest absolute Gasteiger partial charge is 0.267 e. The van der Waals surface area contributed by atoms with Gasteiger partial charge in [-0.2, -0.15) is 4.98 Å². The standard InChI is InChI=1S/C14H14F2N4O3/c1-7-9(5-17-22-7)13(21)20-6-14(15,16)4-10(20)12-18-11(19-23-12)8-2-3-8/h5,8,10H,2-4,6H2,1H3/t10-/m0/s1. The zero-order valence-corrected chi connectivity index (χ0v) is 12.3. The molecule has 0 aromatic carbocycles. The summed E-state index contributed by atoms with van der Waals surface area (Å²) in [6, 6.07) is -0.938. The number of hydrogen-bond donors (Lipinski definition) is 0. The van der Waals surface area contributed by atoms with Gasteiger partial charge in [-0.3, -0.25) is 4.79 Å². The van der Waals surface area contributed by atoms with E-state index in [1.165, 1.54) is 6.20 Å². The SMILES string of the molecule is Cc1oncc1C(=O)N1CC(F)(F)C[C@H]1c1nc(C2CC2)no1. The summed E-state index contributed by atoms with van der Waals surface area (Å²) in [6.07, 6.45) is 2.65. The van der Waals surface area contributed by atoms with Crippen LogP contribution in [0.2, 0.25) is 0 Å². The number of carbonyl (C=O) groups is 1. The molecule has 9 heteroatoms. The van der Waals surface area contributed by atoms with Crippen molar-refractivity contribution in [2.45, 2.75) is 44.1 Å². The van der Waals surface area contributed by atoms with Crippen LogP contribution >= 0.6 is 0 Å². The normalized spacial score (nSPS) is 23.4. The molecule has 1 saturated carbocycles. The van der Waals surface area contributed by atoms with Crippen molar-refractivity contribution in [3.05, 3.63) is 29.2 Å². The molecule has 1 aliphatic heterocycles. The fourth-order valence-corrected chi connectivity index (χ4v) is 2.80. The first-order valence-corrected chi connectivity index (χ1v) is 7.38. The van der Waals surface area contributed by atoms with Crippen LogP contribution in [0, 0.1) is 6.92 Å². The Labute approximate surface area is 129 Å². The fraction of sp³-hybridized carbons (Fsp3) is 0.571. The minimum atomic E-state index is -3.00. The Morgan fingerprint density at radius 3 is 2.83 bits per heavy atom. The van der Waals surface area contributed by atoms with Gasteiger partial charge in [-0.05, 0) is 19.8 Å². The molecule has 1 amide bonds. The number of carbonyl (C=O) groups excluding carboxylic acids is 1. The third-order valence-electron chi connectivity index (χ3n) is 4.20. The summed E-state index contributed by atoms with van der Waals surface area (Å²) in [6.45, 7) is 0.865. The van der Waals surface area contributed by atoms with Gasteiger partial charge in [-0.15, -0.1) is 0 Å². The largest absolute Gasteiger partial charge is 0.361 e. The summed E-state index contributed by atoms with van der Waals surface area (Å²) in [5, 5.41) is 7.37. The van der Waals surface area contributed by atoms with Crippen LogP contribution in [0.25, 0.3) is 0 Å². The first-order valence-electron chi connectivity index (χ1n) is 7.38. The summed E-state index contributed by atoms with van der Waals surface area (Å²) in [4.78, 5) is 17.8. The molecule has 2 aromatic rings. The first kappa shape index (κ1) is 14.3. The molecule has 4 rings (SSSR count). The molecule has 2 fully saturated rings. The van der Waals surface area contributed by atoms with Gasteiger partial charge >= 0.3 is 0 Å². The van der Waals surface area contributed by atoms with E-state index in [2.05, 4.69) is 15.3 Å². The molecular formula is C14H14F2N4O3. The molecule has 0 bridgehead atoms. The lowest BCUT2D eigenvalue weighted by Crippen LogP contribution is -2.33. The zero-order chi connectivity index (χ0) is 16.2. The van der Waals surface area contributed by atoms with E-state index >= 15 is 0 Å². The number of aryl methyl sites for hydroxylation is 1. The van der Waals surface area contributed by atoms with Crippen molar-refractivity contribution in [1.29, 1.82) is 0 Å². The Balaban J connectivity index is 1.65. The molecule has 2 aliphatic rings. The van der Waals surface area contributed by atoms with Crippen LogP contribution in [0.15, 0.2) is 15.2 Å². The van der Waals surface area contributed by atoms with Crippen LogP contribution in [-0.4, -0.2) is 38.6 Å². The van der Waals surface area contributed by atoms with Gasteiger partial charge in [0.15, 0.2) is 5.82 Å². The zero-order valence-electron chi connectivity index (χ0n) is 12.3. The second-order valence-electron chi connectivity index (χ2n) is 6.07. The number of rotatable bonds is 3. The highest BCUT2D eigenvalue weighted by Crippen LogP contribution is 2.43. The van der Waals surface area contributed by atoms with Gasteiger partial charge in [0.1, 0.15) is 17.4 Å². The maximum Gasteiger partial charge on any atom is 0.267 e. The van der Waals surface area contributed by atoms with Gasteiger partial charge in [0.2, 0.25) is 5.89 Å². The minimum Gasteiger partial charge on any atom is -0.361 e.